The summed E-state index contributed by atoms with van der Waals surface area (Å²) in [5.74, 6) is 0. The highest BCUT2D eigenvalue weighted by Crippen LogP contribution is 2.33. The molecule has 6 rings (SSSR count). The lowest BCUT2D eigenvalue weighted by Crippen LogP contribution is -1.88. The lowest BCUT2D eigenvalue weighted by atomic mass is 9.99. The SMILES string of the molecule is c1ccc(-c2ccc(Cc3ccc4c(c3)oc3cc5ccccc5cc34)cc2)cc1. The zero-order chi connectivity index (χ0) is 19.9. The number of benzene rings is 5. The van der Waals surface area contributed by atoms with Crippen LogP contribution >= 0.6 is 0 Å². The van der Waals surface area contributed by atoms with E-state index in [1.807, 2.05) is 0 Å². The van der Waals surface area contributed by atoms with E-state index in [-0.39, 0.29) is 0 Å². The van der Waals surface area contributed by atoms with Gasteiger partial charge in [-0.25, -0.2) is 0 Å². The Bertz CT molecular complexity index is 1490. The van der Waals surface area contributed by atoms with Gasteiger partial charge >= 0.3 is 0 Å². The van der Waals surface area contributed by atoms with Crippen LogP contribution in [-0.4, -0.2) is 0 Å². The van der Waals surface area contributed by atoms with Crippen LogP contribution in [0.2, 0.25) is 0 Å². The van der Waals surface area contributed by atoms with Crippen molar-refractivity contribution >= 4 is 32.7 Å². The highest BCUT2D eigenvalue weighted by Gasteiger charge is 2.09. The molecule has 5 aromatic carbocycles. The topological polar surface area (TPSA) is 13.1 Å². The van der Waals surface area contributed by atoms with Crippen LogP contribution in [0.4, 0.5) is 0 Å². The molecule has 0 radical (unpaired) electrons. The summed E-state index contributed by atoms with van der Waals surface area (Å²) in [5, 5.41) is 4.82. The third-order valence-electron chi connectivity index (χ3n) is 5.87. The second-order valence-corrected chi connectivity index (χ2v) is 7.87. The minimum Gasteiger partial charge on any atom is -0.456 e. The Morgan fingerprint density at radius 1 is 0.467 bits per heavy atom. The highest BCUT2D eigenvalue weighted by atomic mass is 16.3. The molecule has 0 aliphatic heterocycles. The smallest absolute Gasteiger partial charge is 0.136 e. The minimum atomic E-state index is 0.893. The van der Waals surface area contributed by atoms with Crippen molar-refractivity contribution < 1.29 is 4.42 Å². The van der Waals surface area contributed by atoms with E-state index >= 15 is 0 Å². The van der Waals surface area contributed by atoms with Gasteiger partial charge in [0.1, 0.15) is 11.2 Å². The van der Waals surface area contributed by atoms with Gasteiger partial charge in [0, 0.05) is 10.8 Å². The molecule has 0 fully saturated rings. The molecule has 0 atom stereocenters. The quantitative estimate of drug-likeness (QED) is 0.301. The summed E-state index contributed by atoms with van der Waals surface area (Å²) < 4.78 is 6.22. The minimum absolute atomic E-state index is 0.893. The maximum atomic E-state index is 6.22. The van der Waals surface area contributed by atoms with Gasteiger partial charge in [0.2, 0.25) is 0 Å². The molecule has 142 valence electrons. The normalized spacial score (nSPS) is 11.5. The molecule has 0 saturated heterocycles. The van der Waals surface area contributed by atoms with Gasteiger partial charge in [-0.15, -0.1) is 0 Å². The molecule has 0 spiro atoms. The van der Waals surface area contributed by atoms with Crippen molar-refractivity contribution in [1.82, 2.24) is 0 Å². The number of fused-ring (bicyclic) bond motifs is 4. The fraction of sp³-hybridized carbons (Fsp3) is 0.0345. The fourth-order valence-electron chi connectivity index (χ4n) is 4.30. The Morgan fingerprint density at radius 2 is 1.10 bits per heavy atom. The molecule has 0 saturated carbocycles. The van der Waals surface area contributed by atoms with E-state index in [2.05, 4.69) is 109 Å². The van der Waals surface area contributed by atoms with E-state index in [1.165, 1.54) is 43.8 Å². The molecule has 1 heterocycles. The molecule has 0 aliphatic rings. The van der Waals surface area contributed by atoms with Gasteiger partial charge in [0.05, 0.1) is 0 Å². The Hall–Kier alpha value is -3.84. The zero-order valence-corrected chi connectivity index (χ0v) is 16.5. The summed E-state index contributed by atoms with van der Waals surface area (Å²) in [6.45, 7) is 0. The van der Waals surface area contributed by atoms with Crippen molar-refractivity contribution in [3.05, 3.63) is 120 Å². The highest BCUT2D eigenvalue weighted by molar-refractivity contribution is 6.10. The molecule has 0 unspecified atom stereocenters. The second kappa shape index (κ2) is 6.89. The van der Waals surface area contributed by atoms with Gasteiger partial charge in [0.25, 0.3) is 0 Å². The van der Waals surface area contributed by atoms with Crippen LogP contribution in [0, 0.1) is 0 Å². The number of rotatable bonds is 3. The van der Waals surface area contributed by atoms with Gasteiger partial charge in [-0.05, 0) is 57.6 Å². The van der Waals surface area contributed by atoms with E-state index < -0.39 is 0 Å². The standard InChI is InChI=1S/C29H20O/c1-2-6-22(7-3-1)23-13-10-20(11-14-23)16-21-12-15-26-27-18-24-8-4-5-9-25(24)19-29(27)30-28(26)17-21/h1-15,17-19H,16H2. The van der Waals surface area contributed by atoms with Crippen molar-refractivity contribution in [2.24, 2.45) is 0 Å². The molecule has 1 nitrogen and oxygen atoms in total. The van der Waals surface area contributed by atoms with E-state index in [9.17, 15) is 0 Å². The van der Waals surface area contributed by atoms with Crippen LogP contribution in [0.25, 0.3) is 43.8 Å². The van der Waals surface area contributed by atoms with Crippen LogP contribution in [0.1, 0.15) is 11.1 Å². The molecule has 0 bridgehead atoms. The average molecular weight is 384 g/mol. The lowest BCUT2D eigenvalue weighted by molar-refractivity contribution is 0.669. The predicted octanol–water partition coefficient (Wildman–Crippen LogP) is 8.00. The lowest BCUT2D eigenvalue weighted by Gasteiger charge is -2.05. The summed E-state index contributed by atoms with van der Waals surface area (Å²) in [6, 6.07) is 38.8. The largest absolute Gasteiger partial charge is 0.456 e. The van der Waals surface area contributed by atoms with Crippen molar-refractivity contribution in [3.8, 4) is 11.1 Å². The third-order valence-corrected chi connectivity index (χ3v) is 5.87. The second-order valence-electron chi connectivity index (χ2n) is 7.87. The van der Waals surface area contributed by atoms with Gasteiger partial charge in [-0.2, -0.15) is 0 Å². The summed E-state index contributed by atoms with van der Waals surface area (Å²) >= 11 is 0. The van der Waals surface area contributed by atoms with Crippen LogP contribution in [0.5, 0.6) is 0 Å². The molecule has 1 heteroatoms. The first-order valence-electron chi connectivity index (χ1n) is 10.3. The predicted molar refractivity (Wildman–Crippen MR) is 126 cm³/mol. The summed E-state index contributed by atoms with van der Waals surface area (Å²) in [5.41, 5.74) is 6.97. The molecular formula is C29H20O. The molecular weight excluding hydrogens is 364 g/mol. The van der Waals surface area contributed by atoms with Crippen LogP contribution < -0.4 is 0 Å². The molecule has 0 amide bonds. The van der Waals surface area contributed by atoms with E-state index in [1.54, 1.807) is 0 Å². The van der Waals surface area contributed by atoms with Gasteiger partial charge in [0.15, 0.2) is 0 Å². The Morgan fingerprint density at radius 3 is 1.90 bits per heavy atom. The summed E-state index contributed by atoms with van der Waals surface area (Å²) in [4.78, 5) is 0. The number of hydrogen-bond donors (Lipinski definition) is 0. The monoisotopic (exact) mass is 384 g/mol. The Balaban J connectivity index is 1.34. The Kier molecular flexibility index (Phi) is 3.92. The van der Waals surface area contributed by atoms with Gasteiger partial charge < -0.3 is 4.42 Å². The first-order chi connectivity index (χ1) is 14.8. The summed E-state index contributed by atoms with van der Waals surface area (Å²) in [7, 11) is 0. The first-order valence-corrected chi connectivity index (χ1v) is 10.3. The van der Waals surface area contributed by atoms with Crippen LogP contribution in [0.3, 0.4) is 0 Å². The first kappa shape index (κ1) is 17.1. The van der Waals surface area contributed by atoms with Crippen LogP contribution in [0.15, 0.2) is 114 Å². The van der Waals surface area contributed by atoms with Crippen molar-refractivity contribution in [2.45, 2.75) is 6.42 Å². The van der Waals surface area contributed by atoms with Crippen LogP contribution in [-0.2, 0) is 6.42 Å². The van der Waals surface area contributed by atoms with E-state index in [4.69, 9.17) is 4.42 Å². The van der Waals surface area contributed by atoms with E-state index in [0.29, 0.717) is 0 Å². The number of furan rings is 1. The average Bonchev–Trinajstić information content (AvgIpc) is 3.15. The van der Waals surface area contributed by atoms with Crippen molar-refractivity contribution in [2.75, 3.05) is 0 Å². The van der Waals surface area contributed by atoms with Crippen molar-refractivity contribution in [3.63, 3.8) is 0 Å². The molecule has 0 aliphatic carbocycles. The maximum Gasteiger partial charge on any atom is 0.136 e. The third kappa shape index (κ3) is 2.96. The molecule has 0 N–H and O–H groups in total. The van der Waals surface area contributed by atoms with Gasteiger partial charge in [-0.3, -0.25) is 0 Å². The zero-order valence-electron chi connectivity index (χ0n) is 16.5. The molecule has 6 aromatic rings. The number of hydrogen-bond acceptors (Lipinski definition) is 1. The van der Waals surface area contributed by atoms with E-state index in [0.717, 1.165) is 17.6 Å². The summed E-state index contributed by atoms with van der Waals surface area (Å²) in [6.07, 6.45) is 0.893. The van der Waals surface area contributed by atoms with Gasteiger partial charge in [-0.1, -0.05) is 91.0 Å². The Labute approximate surface area is 175 Å². The fourth-order valence-corrected chi connectivity index (χ4v) is 4.30. The maximum absolute atomic E-state index is 6.22. The molecule has 30 heavy (non-hydrogen) atoms. The molecule has 1 aromatic heterocycles. The van der Waals surface area contributed by atoms with Crippen molar-refractivity contribution in [1.29, 1.82) is 0 Å².